The minimum atomic E-state index is -0.139. The standard InChI is InChI=1S/C11H9N7O/c1-6-9(16-17-15-6)10-13-5-7-4-8(19)18(3-2-12)11(7)14-10/h5H,3-4H2,1H3,(H,15,16,17). The highest BCUT2D eigenvalue weighted by molar-refractivity contribution is 6.00. The normalized spacial score (nSPS) is 13.5. The molecule has 1 N–H and O–H groups in total. The number of aromatic nitrogens is 5. The van der Waals surface area contributed by atoms with Crippen LogP contribution in [0.4, 0.5) is 5.82 Å². The largest absolute Gasteiger partial charge is 0.282 e. The third-order valence-electron chi connectivity index (χ3n) is 2.90. The predicted molar refractivity (Wildman–Crippen MR) is 63.8 cm³/mol. The smallest absolute Gasteiger partial charge is 0.233 e. The highest BCUT2D eigenvalue weighted by atomic mass is 16.2. The van der Waals surface area contributed by atoms with Gasteiger partial charge in [-0.2, -0.15) is 20.7 Å². The second kappa shape index (κ2) is 4.13. The van der Waals surface area contributed by atoms with Gasteiger partial charge in [0.25, 0.3) is 0 Å². The Hall–Kier alpha value is -2.82. The molecule has 1 amide bonds. The van der Waals surface area contributed by atoms with E-state index in [4.69, 9.17) is 5.26 Å². The Bertz CT molecular complexity index is 699. The first-order chi connectivity index (χ1) is 9.20. The molecule has 19 heavy (non-hydrogen) atoms. The second-order valence-electron chi connectivity index (χ2n) is 4.11. The van der Waals surface area contributed by atoms with Crippen molar-refractivity contribution in [2.24, 2.45) is 0 Å². The first kappa shape index (κ1) is 11.3. The number of carbonyl (C=O) groups excluding carboxylic acids is 1. The molecular weight excluding hydrogens is 246 g/mol. The van der Waals surface area contributed by atoms with Gasteiger partial charge in [-0.25, -0.2) is 9.97 Å². The molecule has 0 aromatic carbocycles. The molecule has 0 aliphatic carbocycles. The van der Waals surface area contributed by atoms with E-state index in [2.05, 4.69) is 25.4 Å². The van der Waals surface area contributed by atoms with Crippen molar-refractivity contribution in [3.8, 4) is 17.6 Å². The van der Waals surface area contributed by atoms with Gasteiger partial charge in [0.15, 0.2) is 11.5 Å². The summed E-state index contributed by atoms with van der Waals surface area (Å²) in [4.78, 5) is 21.6. The molecule has 8 nitrogen and oxygen atoms in total. The lowest BCUT2D eigenvalue weighted by atomic mass is 10.2. The molecule has 0 saturated carbocycles. The lowest BCUT2D eigenvalue weighted by Gasteiger charge is -2.11. The Morgan fingerprint density at radius 3 is 3.05 bits per heavy atom. The number of nitriles is 1. The fourth-order valence-corrected chi connectivity index (χ4v) is 1.98. The van der Waals surface area contributed by atoms with Gasteiger partial charge in [0, 0.05) is 11.8 Å². The van der Waals surface area contributed by atoms with Crippen molar-refractivity contribution >= 4 is 11.7 Å². The van der Waals surface area contributed by atoms with Crippen molar-refractivity contribution in [1.82, 2.24) is 25.4 Å². The van der Waals surface area contributed by atoms with Crippen LogP contribution in [-0.4, -0.2) is 37.8 Å². The highest BCUT2D eigenvalue weighted by Crippen LogP contribution is 2.28. The lowest BCUT2D eigenvalue weighted by Crippen LogP contribution is -2.27. The van der Waals surface area contributed by atoms with Gasteiger partial charge in [-0.3, -0.25) is 9.69 Å². The maximum Gasteiger partial charge on any atom is 0.233 e. The number of hydrogen-bond acceptors (Lipinski definition) is 6. The molecule has 8 heteroatoms. The average molecular weight is 255 g/mol. The molecule has 3 rings (SSSR count). The summed E-state index contributed by atoms with van der Waals surface area (Å²) in [5, 5.41) is 19.1. The van der Waals surface area contributed by atoms with Crippen LogP contribution >= 0.6 is 0 Å². The number of fused-ring (bicyclic) bond motifs is 1. The summed E-state index contributed by atoms with van der Waals surface area (Å²) in [5.74, 6) is 0.737. The SMILES string of the molecule is Cc1n[nH]nc1-c1ncc2c(n1)N(CC#N)C(=O)C2. The summed E-state index contributed by atoms with van der Waals surface area (Å²) in [6.07, 6.45) is 1.83. The van der Waals surface area contributed by atoms with Crippen molar-refractivity contribution in [3.05, 3.63) is 17.5 Å². The number of aromatic amines is 1. The number of H-pyrrole nitrogens is 1. The van der Waals surface area contributed by atoms with E-state index >= 15 is 0 Å². The summed E-state index contributed by atoms with van der Waals surface area (Å²) in [6.45, 7) is 1.77. The van der Waals surface area contributed by atoms with Gasteiger partial charge in [0.2, 0.25) is 5.91 Å². The van der Waals surface area contributed by atoms with Crippen LogP contribution in [0.1, 0.15) is 11.3 Å². The van der Waals surface area contributed by atoms with Gasteiger partial charge in [-0.15, -0.1) is 0 Å². The summed E-state index contributed by atoms with van der Waals surface area (Å²) in [6, 6.07) is 1.96. The van der Waals surface area contributed by atoms with Crippen LogP contribution in [0.5, 0.6) is 0 Å². The van der Waals surface area contributed by atoms with Gasteiger partial charge in [-0.1, -0.05) is 0 Å². The van der Waals surface area contributed by atoms with E-state index < -0.39 is 0 Å². The van der Waals surface area contributed by atoms with Crippen LogP contribution < -0.4 is 4.90 Å². The molecule has 0 radical (unpaired) electrons. The third-order valence-corrected chi connectivity index (χ3v) is 2.90. The number of nitrogens with one attached hydrogen (secondary N) is 1. The second-order valence-corrected chi connectivity index (χ2v) is 4.11. The van der Waals surface area contributed by atoms with E-state index in [0.717, 1.165) is 5.56 Å². The van der Waals surface area contributed by atoms with E-state index in [-0.39, 0.29) is 18.9 Å². The van der Waals surface area contributed by atoms with Gasteiger partial charge in [0.1, 0.15) is 12.4 Å². The van der Waals surface area contributed by atoms with Crippen LogP contribution in [0, 0.1) is 18.3 Å². The molecule has 0 unspecified atom stereocenters. The summed E-state index contributed by atoms with van der Waals surface area (Å²) in [7, 11) is 0. The van der Waals surface area contributed by atoms with Crippen molar-refractivity contribution in [3.63, 3.8) is 0 Å². The van der Waals surface area contributed by atoms with Crippen LogP contribution in [0.2, 0.25) is 0 Å². The zero-order valence-electron chi connectivity index (χ0n) is 10.1. The number of hydrogen-bond donors (Lipinski definition) is 1. The predicted octanol–water partition coefficient (Wildman–Crippen LogP) is -0.0172. The van der Waals surface area contributed by atoms with E-state index in [1.165, 1.54) is 4.90 Å². The molecule has 1 aliphatic rings. The Morgan fingerprint density at radius 1 is 1.53 bits per heavy atom. The molecule has 2 aromatic heterocycles. The van der Waals surface area contributed by atoms with Crippen molar-refractivity contribution < 1.29 is 4.79 Å². The maximum atomic E-state index is 11.8. The zero-order chi connectivity index (χ0) is 13.4. The quantitative estimate of drug-likeness (QED) is 0.755. The first-order valence-corrected chi connectivity index (χ1v) is 5.61. The number of nitrogens with zero attached hydrogens (tertiary/aromatic N) is 6. The summed E-state index contributed by atoms with van der Waals surface area (Å²) in [5.41, 5.74) is 1.94. The van der Waals surface area contributed by atoms with Crippen molar-refractivity contribution in [1.29, 1.82) is 5.26 Å². The Labute approximate surface area is 108 Å². The average Bonchev–Trinajstić information content (AvgIpc) is 2.94. The van der Waals surface area contributed by atoms with Crippen LogP contribution in [0.3, 0.4) is 0 Å². The summed E-state index contributed by atoms with van der Waals surface area (Å²) >= 11 is 0. The topological polar surface area (TPSA) is 111 Å². The van der Waals surface area contributed by atoms with E-state index in [1.807, 2.05) is 6.07 Å². The van der Waals surface area contributed by atoms with Gasteiger partial charge in [-0.05, 0) is 6.92 Å². The molecule has 0 bridgehead atoms. The first-order valence-electron chi connectivity index (χ1n) is 5.61. The minimum absolute atomic E-state index is 0.0138. The van der Waals surface area contributed by atoms with Crippen LogP contribution in [0.15, 0.2) is 6.20 Å². The monoisotopic (exact) mass is 255 g/mol. The molecule has 0 spiro atoms. The van der Waals surface area contributed by atoms with E-state index in [9.17, 15) is 4.79 Å². The Kier molecular flexibility index (Phi) is 2.45. The number of amides is 1. The Morgan fingerprint density at radius 2 is 2.37 bits per heavy atom. The van der Waals surface area contributed by atoms with E-state index in [1.54, 1.807) is 13.1 Å². The maximum absolute atomic E-state index is 11.8. The molecule has 2 aromatic rings. The Balaban J connectivity index is 2.08. The summed E-state index contributed by atoms with van der Waals surface area (Å²) < 4.78 is 0. The number of carbonyl (C=O) groups is 1. The van der Waals surface area contributed by atoms with Gasteiger partial charge >= 0.3 is 0 Å². The minimum Gasteiger partial charge on any atom is -0.282 e. The molecule has 0 fully saturated rings. The van der Waals surface area contributed by atoms with Crippen molar-refractivity contribution in [2.75, 3.05) is 11.4 Å². The fourth-order valence-electron chi connectivity index (χ4n) is 1.98. The third kappa shape index (κ3) is 1.72. The highest BCUT2D eigenvalue weighted by Gasteiger charge is 2.29. The number of aryl methyl sites for hydroxylation is 1. The molecule has 3 heterocycles. The van der Waals surface area contributed by atoms with Crippen molar-refractivity contribution in [2.45, 2.75) is 13.3 Å². The lowest BCUT2D eigenvalue weighted by molar-refractivity contribution is -0.117. The van der Waals surface area contributed by atoms with Gasteiger partial charge in [0.05, 0.1) is 18.2 Å². The molecule has 1 aliphatic heterocycles. The molecule has 0 atom stereocenters. The number of rotatable bonds is 2. The molecule has 0 saturated heterocycles. The van der Waals surface area contributed by atoms with Crippen LogP contribution in [-0.2, 0) is 11.2 Å². The van der Waals surface area contributed by atoms with E-state index in [0.29, 0.717) is 23.0 Å². The van der Waals surface area contributed by atoms with Gasteiger partial charge < -0.3 is 0 Å². The zero-order valence-corrected chi connectivity index (χ0v) is 10.1. The fraction of sp³-hybridized carbons (Fsp3) is 0.273. The molecule has 94 valence electrons. The van der Waals surface area contributed by atoms with Crippen LogP contribution in [0.25, 0.3) is 11.5 Å². The number of anilines is 1. The molecular formula is C11H9N7O.